The highest BCUT2D eigenvalue weighted by molar-refractivity contribution is 6.06. The molecule has 9 rings (SSSR count). The molecule has 4 N–H and O–H groups in total. The standard InChI is InChI=1S/C47H56N10O5/c1-29-20-32(10-13-37(29)33-21-36(62-3)28-55(27-33)41-23-40(51-52-44(41)48)38-6-4-5-7-42(38)58)46(60)54-18-16-53(17-19-54)26-31-8-11-34(12-9-31)57-25-30(2)39-22-35(24-49-45(39)57)56-15-14-43(59)50-47(56)61/h4-7,10,13,20,22-25,31,33-34,36,58H,8-9,11-12,14-19,21,26-28H2,1-3H3,(H2,48,52)(H,50,59,61)/t31?,33-,34?,36+/m0/s1. The van der Waals surface area contributed by atoms with E-state index in [1.54, 1.807) is 30.3 Å². The number of piperazine rings is 1. The van der Waals surface area contributed by atoms with Crippen LogP contribution in [0.5, 0.6) is 5.75 Å². The number of fused-ring (bicyclic) bond motifs is 1. The average molecular weight is 841 g/mol. The molecule has 4 amide bonds. The molecule has 1 aliphatic carbocycles. The molecule has 62 heavy (non-hydrogen) atoms. The normalized spacial score (nSPS) is 22.6. The Labute approximate surface area is 361 Å². The van der Waals surface area contributed by atoms with Gasteiger partial charge in [-0.1, -0.05) is 18.2 Å². The van der Waals surface area contributed by atoms with E-state index in [9.17, 15) is 19.5 Å². The van der Waals surface area contributed by atoms with E-state index in [4.69, 9.17) is 15.5 Å². The van der Waals surface area contributed by atoms with Gasteiger partial charge < -0.3 is 29.9 Å². The van der Waals surface area contributed by atoms with Crippen LogP contribution in [0.3, 0.4) is 0 Å². The third-order valence-electron chi connectivity index (χ3n) is 13.6. The number of ether oxygens (including phenoxy) is 1. The molecule has 5 aromatic rings. The minimum Gasteiger partial charge on any atom is -0.507 e. The zero-order chi connectivity index (χ0) is 43.1. The number of carbonyl (C=O) groups excluding carboxylic acids is 3. The Morgan fingerprint density at radius 3 is 2.47 bits per heavy atom. The van der Waals surface area contributed by atoms with E-state index < -0.39 is 6.03 Å². The number of hydrogen-bond acceptors (Lipinski definition) is 11. The lowest BCUT2D eigenvalue weighted by Gasteiger charge is -2.39. The number of carbonyl (C=O) groups is 3. The second kappa shape index (κ2) is 17.4. The molecule has 6 heterocycles. The summed E-state index contributed by atoms with van der Waals surface area (Å²) in [5.74, 6) is 1.04. The molecule has 324 valence electrons. The molecule has 3 saturated heterocycles. The molecule has 0 bridgehead atoms. The van der Waals surface area contributed by atoms with Gasteiger partial charge in [-0.25, -0.2) is 9.78 Å². The number of nitrogens with zero attached hydrogens (tertiary/aromatic N) is 8. The monoisotopic (exact) mass is 840 g/mol. The lowest BCUT2D eigenvalue weighted by molar-refractivity contribution is -0.120. The molecule has 0 spiro atoms. The second-order valence-electron chi connectivity index (χ2n) is 17.6. The highest BCUT2D eigenvalue weighted by Crippen LogP contribution is 2.39. The van der Waals surface area contributed by atoms with Crippen LogP contribution < -0.4 is 20.9 Å². The third-order valence-corrected chi connectivity index (χ3v) is 13.6. The maximum Gasteiger partial charge on any atom is 0.328 e. The summed E-state index contributed by atoms with van der Waals surface area (Å²) in [5.41, 5.74) is 14.1. The van der Waals surface area contributed by atoms with Gasteiger partial charge in [0, 0.05) is 101 Å². The minimum atomic E-state index is -0.397. The zero-order valence-corrected chi connectivity index (χ0v) is 35.8. The average Bonchev–Trinajstić information content (AvgIpc) is 3.61. The summed E-state index contributed by atoms with van der Waals surface area (Å²) in [6.45, 7) is 10.1. The van der Waals surface area contributed by atoms with E-state index >= 15 is 0 Å². The van der Waals surface area contributed by atoms with Crippen molar-refractivity contribution in [1.29, 1.82) is 0 Å². The number of nitrogens with two attached hydrogens (primary N) is 1. The number of amides is 4. The largest absolute Gasteiger partial charge is 0.507 e. The first kappa shape index (κ1) is 41.3. The summed E-state index contributed by atoms with van der Waals surface area (Å²) < 4.78 is 8.25. The maximum atomic E-state index is 13.9. The van der Waals surface area contributed by atoms with Crippen molar-refractivity contribution in [3.63, 3.8) is 0 Å². The fourth-order valence-electron chi connectivity index (χ4n) is 10.2. The van der Waals surface area contributed by atoms with E-state index in [2.05, 4.69) is 56.0 Å². The molecular formula is C47H56N10O5. The number of phenols is 1. The Bertz CT molecular complexity index is 2490. The molecule has 0 radical (unpaired) electrons. The van der Waals surface area contributed by atoms with E-state index in [0.717, 1.165) is 85.1 Å². The lowest BCUT2D eigenvalue weighted by Crippen LogP contribution is -2.50. The van der Waals surface area contributed by atoms with Crippen molar-refractivity contribution < 1.29 is 24.2 Å². The van der Waals surface area contributed by atoms with Gasteiger partial charge in [0.05, 0.1) is 29.4 Å². The third kappa shape index (κ3) is 8.30. The number of benzene rings is 2. The van der Waals surface area contributed by atoms with Crippen LogP contribution in [0, 0.1) is 19.8 Å². The van der Waals surface area contributed by atoms with Gasteiger partial charge in [-0.2, -0.15) is 0 Å². The van der Waals surface area contributed by atoms with Gasteiger partial charge in [0.15, 0.2) is 5.82 Å². The number of pyridine rings is 1. The number of aryl methyl sites for hydroxylation is 2. The van der Waals surface area contributed by atoms with Crippen molar-refractivity contribution in [2.75, 3.05) is 75.0 Å². The number of urea groups is 1. The first-order valence-corrected chi connectivity index (χ1v) is 21.9. The summed E-state index contributed by atoms with van der Waals surface area (Å²) in [6, 6.07) is 17.1. The maximum absolute atomic E-state index is 13.9. The molecule has 15 nitrogen and oxygen atoms in total. The molecule has 0 unspecified atom stereocenters. The number of anilines is 3. The van der Waals surface area contributed by atoms with Crippen molar-refractivity contribution in [1.82, 2.24) is 34.9 Å². The van der Waals surface area contributed by atoms with Crippen molar-refractivity contribution >= 4 is 46.1 Å². The highest BCUT2D eigenvalue weighted by Gasteiger charge is 2.33. The predicted molar refractivity (Wildman–Crippen MR) is 238 cm³/mol. The van der Waals surface area contributed by atoms with E-state index in [-0.39, 0.29) is 36.0 Å². The Hall–Kier alpha value is -6.06. The Morgan fingerprint density at radius 2 is 1.73 bits per heavy atom. The first-order chi connectivity index (χ1) is 30.0. The van der Waals surface area contributed by atoms with Gasteiger partial charge in [-0.3, -0.25) is 24.7 Å². The number of piperidine rings is 1. The molecule has 3 aliphatic heterocycles. The van der Waals surface area contributed by atoms with Crippen LogP contribution in [0.4, 0.5) is 22.0 Å². The fourth-order valence-corrected chi connectivity index (χ4v) is 10.2. The fraction of sp³-hybridized carbons (Fsp3) is 0.447. The number of hydrogen-bond donors (Lipinski definition) is 3. The molecule has 4 aliphatic rings. The number of para-hydroxylation sites is 1. The number of aromatic hydroxyl groups is 1. The van der Waals surface area contributed by atoms with Crippen molar-refractivity contribution in [2.24, 2.45) is 5.92 Å². The topological polar surface area (TPSA) is 175 Å². The Morgan fingerprint density at radius 1 is 0.935 bits per heavy atom. The van der Waals surface area contributed by atoms with E-state index in [0.29, 0.717) is 67.4 Å². The van der Waals surface area contributed by atoms with Crippen molar-refractivity contribution in [2.45, 2.75) is 70.4 Å². The van der Waals surface area contributed by atoms with Crippen LogP contribution >= 0.6 is 0 Å². The number of phenolic OH excluding ortho intramolecular Hbond substituents is 1. The second-order valence-corrected chi connectivity index (χ2v) is 17.6. The lowest BCUT2D eigenvalue weighted by atomic mass is 9.85. The number of nitrogens with one attached hydrogen (secondary N) is 1. The quantitative estimate of drug-likeness (QED) is 0.158. The number of imide groups is 1. The Kier molecular flexibility index (Phi) is 11.6. The predicted octanol–water partition coefficient (Wildman–Crippen LogP) is 6.04. The highest BCUT2D eigenvalue weighted by atomic mass is 16.5. The van der Waals surface area contributed by atoms with Crippen molar-refractivity contribution in [3.05, 3.63) is 89.2 Å². The van der Waals surface area contributed by atoms with E-state index in [1.807, 2.05) is 41.3 Å². The molecule has 4 fully saturated rings. The van der Waals surface area contributed by atoms with Crippen molar-refractivity contribution in [3.8, 4) is 17.0 Å². The van der Waals surface area contributed by atoms with Gasteiger partial charge in [-0.05, 0) is 105 Å². The number of nitrogen functional groups attached to an aromatic ring is 1. The van der Waals surface area contributed by atoms with Gasteiger partial charge in [-0.15, -0.1) is 10.2 Å². The van der Waals surface area contributed by atoms with Gasteiger partial charge >= 0.3 is 6.03 Å². The van der Waals surface area contributed by atoms with Crippen LogP contribution in [0.2, 0.25) is 0 Å². The summed E-state index contributed by atoms with van der Waals surface area (Å²) in [4.78, 5) is 51.1. The number of aromatic nitrogens is 4. The van der Waals surface area contributed by atoms with Gasteiger partial charge in [0.2, 0.25) is 5.91 Å². The van der Waals surface area contributed by atoms with Crippen LogP contribution in [-0.2, 0) is 9.53 Å². The number of methoxy groups -OCH3 is 1. The number of rotatable bonds is 9. The summed E-state index contributed by atoms with van der Waals surface area (Å²) in [5, 5.41) is 22.4. The summed E-state index contributed by atoms with van der Waals surface area (Å²) >= 11 is 0. The molecule has 1 saturated carbocycles. The van der Waals surface area contributed by atoms with Crippen LogP contribution in [-0.4, -0.2) is 118 Å². The van der Waals surface area contributed by atoms with Gasteiger partial charge in [0.25, 0.3) is 5.91 Å². The SMILES string of the molecule is CO[C@@H]1C[C@H](c2ccc(C(=O)N3CCN(CC4CCC(n5cc(C)c6cc(N7CCC(=O)NC7=O)cnc65)CC4)CC3)cc2C)CN(c2cc(-c3ccccc3O)nnc2N)C1. The summed E-state index contributed by atoms with van der Waals surface area (Å²) in [7, 11) is 1.74. The summed E-state index contributed by atoms with van der Waals surface area (Å²) in [6.07, 6.45) is 9.49. The smallest absolute Gasteiger partial charge is 0.328 e. The molecule has 15 heteroatoms. The minimum absolute atomic E-state index is 0.0364. The first-order valence-electron chi connectivity index (χ1n) is 21.9. The molecular weight excluding hydrogens is 785 g/mol. The van der Waals surface area contributed by atoms with Crippen LogP contribution in [0.1, 0.15) is 77.5 Å². The molecule has 2 aromatic carbocycles. The Balaban J connectivity index is 0.782. The van der Waals surface area contributed by atoms with E-state index in [1.165, 1.54) is 5.56 Å². The molecule has 3 aromatic heterocycles. The zero-order valence-electron chi connectivity index (χ0n) is 35.8. The molecule has 2 atom stereocenters. The van der Waals surface area contributed by atoms with Crippen LogP contribution in [0.25, 0.3) is 22.3 Å². The van der Waals surface area contributed by atoms with Crippen LogP contribution in [0.15, 0.2) is 67.0 Å². The van der Waals surface area contributed by atoms with Gasteiger partial charge in [0.1, 0.15) is 11.4 Å².